The maximum Gasteiger partial charge on any atom is 0.376 e. The molecular formula is C15H16N2O5. The maximum atomic E-state index is 11.9. The Bertz CT molecular complexity index is 759. The van der Waals surface area contributed by atoms with Gasteiger partial charge in [0.15, 0.2) is 0 Å². The van der Waals surface area contributed by atoms with E-state index in [9.17, 15) is 9.59 Å². The van der Waals surface area contributed by atoms with Crippen LogP contribution in [0.1, 0.15) is 6.42 Å². The number of esters is 1. The third kappa shape index (κ3) is 2.98. The molecule has 0 atom stereocenters. The van der Waals surface area contributed by atoms with Gasteiger partial charge in [0.1, 0.15) is 19.5 Å². The van der Waals surface area contributed by atoms with E-state index >= 15 is 0 Å². The lowest BCUT2D eigenvalue weighted by Crippen LogP contribution is -2.20. The van der Waals surface area contributed by atoms with Crippen molar-refractivity contribution < 1.29 is 19.0 Å². The molecule has 1 N–H and O–H groups in total. The molecule has 1 aromatic heterocycles. The smallest absolute Gasteiger partial charge is 0.376 e. The van der Waals surface area contributed by atoms with Gasteiger partial charge in [0.2, 0.25) is 5.76 Å². The van der Waals surface area contributed by atoms with Gasteiger partial charge in [0.05, 0.1) is 17.6 Å². The summed E-state index contributed by atoms with van der Waals surface area (Å²) < 4.78 is 16.8. The number of aromatic amines is 1. The van der Waals surface area contributed by atoms with Gasteiger partial charge >= 0.3 is 11.7 Å². The van der Waals surface area contributed by atoms with E-state index < -0.39 is 5.97 Å². The molecule has 7 heteroatoms. The van der Waals surface area contributed by atoms with E-state index in [1.54, 1.807) is 4.57 Å². The highest BCUT2D eigenvalue weighted by Crippen LogP contribution is 2.10. The van der Waals surface area contributed by atoms with Gasteiger partial charge in [-0.1, -0.05) is 12.1 Å². The maximum absolute atomic E-state index is 11.9. The van der Waals surface area contributed by atoms with E-state index in [1.807, 2.05) is 24.3 Å². The Balaban J connectivity index is 1.54. The number of carbonyl (C=O) groups is 1. The van der Waals surface area contributed by atoms with Crippen molar-refractivity contribution in [2.24, 2.45) is 0 Å². The third-order valence-corrected chi connectivity index (χ3v) is 3.29. The highest BCUT2D eigenvalue weighted by Gasteiger charge is 2.16. The molecule has 0 radical (unpaired) electrons. The largest absolute Gasteiger partial charge is 0.493 e. The zero-order valence-corrected chi connectivity index (χ0v) is 11.9. The summed E-state index contributed by atoms with van der Waals surface area (Å²) in [5.41, 5.74) is 1.47. The van der Waals surface area contributed by atoms with E-state index in [1.165, 1.54) is 6.26 Å². The Labute approximate surface area is 126 Å². The molecule has 0 bridgehead atoms. The molecule has 2 aromatic rings. The quantitative estimate of drug-likeness (QED) is 0.662. The molecule has 0 saturated heterocycles. The summed E-state index contributed by atoms with van der Waals surface area (Å²) in [6.07, 6.45) is 1.79. The Morgan fingerprint density at radius 3 is 3.00 bits per heavy atom. The van der Waals surface area contributed by atoms with Crippen LogP contribution in [0.2, 0.25) is 0 Å². The van der Waals surface area contributed by atoms with Gasteiger partial charge in [0.25, 0.3) is 0 Å². The number of para-hydroxylation sites is 2. The Hall–Kier alpha value is -2.70. The lowest BCUT2D eigenvalue weighted by Gasteiger charge is -2.14. The highest BCUT2D eigenvalue weighted by molar-refractivity contribution is 5.86. The molecule has 1 aliphatic rings. The number of fused-ring (bicyclic) bond motifs is 1. The van der Waals surface area contributed by atoms with Crippen LogP contribution in [0.5, 0.6) is 0 Å². The van der Waals surface area contributed by atoms with E-state index in [0.29, 0.717) is 26.2 Å². The zero-order valence-electron chi connectivity index (χ0n) is 11.9. The Morgan fingerprint density at radius 1 is 1.32 bits per heavy atom. The molecule has 0 saturated carbocycles. The molecule has 3 rings (SSSR count). The van der Waals surface area contributed by atoms with Crippen molar-refractivity contribution in [2.45, 2.75) is 13.0 Å². The fourth-order valence-corrected chi connectivity index (χ4v) is 2.26. The predicted octanol–water partition coefficient (Wildman–Crippen LogP) is 1.15. The van der Waals surface area contributed by atoms with Crippen molar-refractivity contribution in [3.8, 4) is 0 Å². The number of hydrogen-bond acceptors (Lipinski definition) is 5. The molecule has 0 amide bonds. The van der Waals surface area contributed by atoms with Crippen LogP contribution in [0.25, 0.3) is 11.0 Å². The number of benzene rings is 1. The predicted molar refractivity (Wildman–Crippen MR) is 78.1 cm³/mol. The summed E-state index contributed by atoms with van der Waals surface area (Å²) in [5.74, 6) is -0.471. The molecule has 7 nitrogen and oxygen atoms in total. The van der Waals surface area contributed by atoms with Crippen LogP contribution in [0.4, 0.5) is 0 Å². The Kier molecular flexibility index (Phi) is 4.13. The molecule has 1 aromatic carbocycles. The summed E-state index contributed by atoms with van der Waals surface area (Å²) in [6.45, 7) is 1.43. The van der Waals surface area contributed by atoms with Crippen LogP contribution in [0.15, 0.2) is 41.1 Å². The third-order valence-electron chi connectivity index (χ3n) is 3.29. The molecule has 116 valence electrons. The Morgan fingerprint density at radius 2 is 2.18 bits per heavy atom. The van der Waals surface area contributed by atoms with E-state index in [2.05, 4.69) is 4.98 Å². The second kappa shape index (κ2) is 6.38. The van der Waals surface area contributed by atoms with Gasteiger partial charge in [0, 0.05) is 6.54 Å². The molecule has 0 fully saturated rings. The molecular weight excluding hydrogens is 288 g/mol. The first-order valence-corrected chi connectivity index (χ1v) is 7.05. The van der Waals surface area contributed by atoms with Crippen molar-refractivity contribution >= 4 is 17.0 Å². The lowest BCUT2D eigenvalue weighted by atomic mass is 10.3. The van der Waals surface area contributed by atoms with Gasteiger partial charge in [-0.05, 0) is 18.6 Å². The second-order valence-corrected chi connectivity index (χ2v) is 4.79. The minimum atomic E-state index is -0.550. The second-order valence-electron chi connectivity index (χ2n) is 4.79. The average Bonchev–Trinajstić information content (AvgIpc) is 2.88. The van der Waals surface area contributed by atoms with E-state index in [0.717, 1.165) is 11.0 Å². The van der Waals surface area contributed by atoms with Crippen LogP contribution in [0, 0.1) is 0 Å². The summed E-state index contributed by atoms with van der Waals surface area (Å²) >= 11 is 0. The first kappa shape index (κ1) is 14.2. The minimum Gasteiger partial charge on any atom is -0.493 e. The average molecular weight is 304 g/mol. The number of aryl methyl sites for hydroxylation is 1. The molecule has 2 heterocycles. The molecule has 1 aliphatic heterocycles. The molecule has 0 spiro atoms. The van der Waals surface area contributed by atoms with Crippen molar-refractivity contribution in [3.63, 3.8) is 0 Å². The number of nitrogens with one attached hydrogen (secondary N) is 1. The fourth-order valence-electron chi connectivity index (χ4n) is 2.26. The zero-order chi connectivity index (χ0) is 15.4. The van der Waals surface area contributed by atoms with Gasteiger partial charge in [-0.2, -0.15) is 0 Å². The summed E-state index contributed by atoms with van der Waals surface area (Å²) in [7, 11) is 0. The van der Waals surface area contributed by atoms with Gasteiger partial charge in [-0.15, -0.1) is 0 Å². The first-order chi connectivity index (χ1) is 10.8. The minimum absolute atomic E-state index is 0.0792. The number of H-pyrrole nitrogens is 1. The van der Waals surface area contributed by atoms with E-state index in [4.69, 9.17) is 14.2 Å². The number of hydrogen-bond donors (Lipinski definition) is 1. The molecule has 0 unspecified atom stereocenters. The van der Waals surface area contributed by atoms with Crippen LogP contribution in [0.3, 0.4) is 0 Å². The summed E-state index contributed by atoms with van der Waals surface area (Å²) in [6, 6.07) is 7.46. The fraction of sp³-hybridized carbons (Fsp3) is 0.333. The normalized spacial score (nSPS) is 14.1. The summed E-state index contributed by atoms with van der Waals surface area (Å²) in [4.78, 5) is 26.3. The number of aromatic nitrogens is 2. The van der Waals surface area contributed by atoms with Crippen LogP contribution in [-0.4, -0.2) is 35.3 Å². The number of ether oxygens (including phenoxy) is 3. The van der Waals surface area contributed by atoms with Crippen molar-refractivity contribution in [3.05, 3.63) is 46.8 Å². The van der Waals surface area contributed by atoms with Crippen LogP contribution in [-0.2, 0) is 25.5 Å². The number of rotatable bonds is 5. The number of nitrogens with zero attached hydrogens (tertiary/aromatic N) is 1. The summed E-state index contributed by atoms with van der Waals surface area (Å²) in [5, 5.41) is 0. The van der Waals surface area contributed by atoms with Crippen LogP contribution >= 0.6 is 0 Å². The lowest BCUT2D eigenvalue weighted by molar-refractivity contribution is -0.144. The van der Waals surface area contributed by atoms with Crippen molar-refractivity contribution in [1.82, 2.24) is 9.55 Å². The van der Waals surface area contributed by atoms with Crippen LogP contribution < -0.4 is 5.69 Å². The molecule has 22 heavy (non-hydrogen) atoms. The topological polar surface area (TPSA) is 82.6 Å². The van der Waals surface area contributed by atoms with Crippen molar-refractivity contribution in [1.29, 1.82) is 0 Å². The van der Waals surface area contributed by atoms with Gasteiger partial charge < -0.3 is 19.2 Å². The van der Waals surface area contributed by atoms with Crippen molar-refractivity contribution in [2.75, 3.05) is 19.8 Å². The number of imidazole rings is 1. The highest BCUT2D eigenvalue weighted by atomic mass is 16.6. The SMILES string of the molecule is O=C(OCCCn1c(=O)[nH]c2ccccc21)C1=COCCO1. The van der Waals surface area contributed by atoms with Gasteiger partial charge in [-0.3, -0.25) is 4.57 Å². The number of carbonyl (C=O) groups excluding carboxylic acids is 1. The first-order valence-electron chi connectivity index (χ1n) is 7.05. The monoisotopic (exact) mass is 304 g/mol. The standard InChI is InChI=1S/C15H16N2O5/c18-14(13-10-20-8-9-21-13)22-7-3-6-17-12-5-2-1-4-11(12)16-15(17)19/h1-2,4-5,10H,3,6-9H2,(H,16,19). The van der Waals surface area contributed by atoms with E-state index in [-0.39, 0.29) is 18.1 Å². The van der Waals surface area contributed by atoms with Gasteiger partial charge in [-0.25, -0.2) is 9.59 Å². The molecule has 0 aliphatic carbocycles.